The number of methoxy groups -OCH3 is 1. The molecule has 0 N–H and O–H groups in total. The van der Waals surface area contributed by atoms with Gasteiger partial charge in [-0.3, -0.25) is 4.79 Å². The number of hydrogen-bond acceptors (Lipinski definition) is 3. The van der Waals surface area contributed by atoms with Crippen molar-refractivity contribution in [3.8, 4) is 0 Å². The summed E-state index contributed by atoms with van der Waals surface area (Å²) >= 11 is 0. The maximum atomic E-state index is 13.2. The number of piperazine rings is 1. The van der Waals surface area contributed by atoms with E-state index in [1.165, 1.54) is 5.56 Å². The standard InChI is InChI=1S/C21H31N3O3/c1-15(2)11-19-20(25)22(9-10-27-4)13-18-14-23(21(26)24(18)19)12-17-8-6-5-7-16(17)3/h5-8,15,18-19H,9-14H2,1-4H3/t18-,19-/m0/s1. The van der Waals surface area contributed by atoms with Crippen LogP contribution in [0.25, 0.3) is 0 Å². The Bertz CT molecular complexity index is 691. The molecule has 2 fully saturated rings. The summed E-state index contributed by atoms with van der Waals surface area (Å²) in [5, 5.41) is 0. The average molecular weight is 373 g/mol. The van der Waals surface area contributed by atoms with Crippen molar-refractivity contribution in [2.45, 2.75) is 45.8 Å². The predicted molar refractivity (Wildman–Crippen MR) is 104 cm³/mol. The Kier molecular flexibility index (Phi) is 6.05. The predicted octanol–water partition coefficient (Wildman–Crippen LogP) is 2.50. The fourth-order valence-corrected chi connectivity index (χ4v) is 4.14. The highest BCUT2D eigenvalue weighted by molar-refractivity contribution is 5.90. The summed E-state index contributed by atoms with van der Waals surface area (Å²) in [6.45, 7) is 9.23. The molecule has 2 aliphatic rings. The van der Waals surface area contributed by atoms with Crippen molar-refractivity contribution in [3.05, 3.63) is 35.4 Å². The van der Waals surface area contributed by atoms with Crippen molar-refractivity contribution < 1.29 is 14.3 Å². The molecule has 6 nitrogen and oxygen atoms in total. The summed E-state index contributed by atoms with van der Waals surface area (Å²) in [4.78, 5) is 31.8. The second kappa shape index (κ2) is 8.30. The number of carbonyl (C=O) groups is 2. The Morgan fingerprint density at radius 1 is 1.15 bits per heavy atom. The number of carbonyl (C=O) groups excluding carboxylic acids is 2. The lowest BCUT2D eigenvalue weighted by atomic mass is 9.97. The molecule has 0 saturated carbocycles. The lowest BCUT2D eigenvalue weighted by molar-refractivity contribution is -0.143. The van der Waals surface area contributed by atoms with E-state index in [0.29, 0.717) is 45.1 Å². The van der Waals surface area contributed by atoms with Gasteiger partial charge in [-0.2, -0.15) is 0 Å². The van der Waals surface area contributed by atoms with Crippen molar-refractivity contribution in [1.82, 2.24) is 14.7 Å². The summed E-state index contributed by atoms with van der Waals surface area (Å²) in [6, 6.07) is 7.85. The fraction of sp³-hybridized carbons (Fsp3) is 0.619. The number of benzene rings is 1. The maximum absolute atomic E-state index is 13.2. The van der Waals surface area contributed by atoms with Crippen molar-refractivity contribution >= 4 is 11.9 Å². The third-order valence-electron chi connectivity index (χ3n) is 5.56. The number of amides is 3. The van der Waals surface area contributed by atoms with Gasteiger partial charge in [-0.05, 0) is 30.4 Å². The van der Waals surface area contributed by atoms with Crippen LogP contribution in [-0.4, -0.2) is 72.1 Å². The maximum Gasteiger partial charge on any atom is 0.321 e. The van der Waals surface area contributed by atoms with Crippen LogP contribution in [0.4, 0.5) is 4.79 Å². The molecule has 1 aromatic carbocycles. The molecule has 3 rings (SSSR count). The van der Waals surface area contributed by atoms with E-state index < -0.39 is 0 Å². The van der Waals surface area contributed by atoms with Crippen LogP contribution in [0.2, 0.25) is 0 Å². The zero-order valence-corrected chi connectivity index (χ0v) is 16.9. The third kappa shape index (κ3) is 4.10. The summed E-state index contributed by atoms with van der Waals surface area (Å²) in [6.07, 6.45) is 0.697. The van der Waals surface area contributed by atoms with Crippen LogP contribution in [0.1, 0.15) is 31.4 Å². The van der Waals surface area contributed by atoms with Crippen LogP contribution in [0.5, 0.6) is 0 Å². The smallest absolute Gasteiger partial charge is 0.321 e. The second-order valence-electron chi connectivity index (χ2n) is 8.07. The molecular weight excluding hydrogens is 342 g/mol. The first-order valence-electron chi connectivity index (χ1n) is 9.81. The van der Waals surface area contributed by atoms with Crippen molar-refractivity contribution in [1.29, 1.82) is 0 Å². The monoisotopic (exact) mass is 373 g/mol. The summed E-state index contributed by atoms with van der Waals surface area (Å²) in [5.41, 5.74) is 2.35. The van der Waals surface area contributed by atoms with Gasteiger partial charge in [0.25, 0.3) is 0 Å². The summed E-state index contributed by atoms with van der Waals surface area (Å²) in [5.74, 6) is 0.406. The van der Waals surface area contributed by atoms with Gasteiger partial charge in [0, 0.05) is 33.3 Å². The number of fused-ring (bicyclic) bond motifs is 1. The summed E-state index contributed by atoms with van der Waals surface area (Å²) in [7, 11) is 1.65. The minimum Gasteiger partial charge on any atom is -0.383 e. The molecule has 27 heavy (non-hydrogen) atoms. The van der Waals surface area contributed by atoms with E-state index >= 15 is 0 Å². The molecular formula is C21H31N3O3. The highest BCUT2D eigenvalue weighted by Gasteiger charge is 2.49. The van der Waals surface area contributed by atoms with Gasteiger partial charge in [-0.1, -0.05) is 38.1 Å². The SMILES string of the molecule is COCCN1C[C@H]2CN(Cc3ccccc3C)C(=O)N2[C@@H](CC(C)C)C1=O. The molecule has 0 aliphatic carbocycles. The molecule has 0 aromatic heterocycles. The van der Waals surface area contributed by atoms with Gasteiger partial charge in [0.15, 0.2) is 0 Å². The lowest BCUT2D eigenvalue weighted by Crippen LogP contribution is -2.61. The van der Waals surface area contributed by atoms with Gasteiger partial charge < -0.3 is 19.4 Å². The molecule has 2 aliphatic heterocycles. The van der Waals surface area contributed by atoms with E-state index in [9.17, 15) is 9.59 Å². The molecule has 3 amide bonds. The zero-order valence-electron chi connectivity index (χ0n) is 16.9. The van der Waals surface area contributed by atoms with E-state index in [4.69, 9.17) is 4.74 Å². The van der Waals surface area contributed by atoms with Crippen molar-refractivity contribution in [3.63, 3.8) is 0 Å². The Balaban J connectivity index is 1.80. The highest BCUT2D eigenvalue weighted by Crippen LogP contribution is 2.30. The van der Waals surface area contributed by atoms with Crippen LogP contribution in [0.15, 0.2) is 24.3 Å². The Labute approximate surface area is 162 Å². The molecule has 2 saturated heterocycles. The topological polar surface area (TPSA) is 53.1 Å². The Hall–Kier alpha value is -2.08. The van der Waals surface area contributed by atoms with E-state index in [-0.39, 0.29) is 24.0 Å². The average Bonchev–Trinajstić information content (AvgIpc) is 2.93. The second-order valence-corrected chi connectivity index (χ2v) is 8.07. The first-order valence-corrected chi connectivity index (χ1v) is 9.81. The van der Waals surface area contributed by atoms with Crippen LogP contribution in [0.3, 0.4) is 0 Å². The summed E-state index contributed by atoms with van der Waals surface area (Å²) < 4.78 is 5.17. The molecule has 0 radical (unpaired) electrons. The largest absolute Gasteiger partial charge is 0.383 e. The minimum absolute atomic E-state index is 0.00588. The number of urea groups is 1. The van der Waals surface area contributed by atoms with Crippen LogP contribution in [0, 0.1) is 12.8 Å². The van der Waals surface area contributed by atoms with Gasteiger partial charge in [0.2, 0.25) is 5.91 Å². The Morgan fingerprint density at radius 2 is 1.85 bits per heavy atom. The van der Waals surface area contributed by atoms with Crippen LogP contribution in [-0.2, 0) is 16.1 Å². The van der Waals surface area contributed by atoms with Gasteiger partial charge in [-0.15, -0.1) is 0 Å². The van der Waals surface area contributed by atoms with Gasteiger partial charge in [0.1, 0.15) is 6.04 Å². The lowest BCUT2D eigenvalue weighted by Gasteiger charge is -2.42. The molecule has 6 heteroatoms. The first kappa shape index (κ1) is 19.7. The number of ether oxygens (including phenoxy) is 1. The van der Waals surface area contributed by atoms with Gasteiger partial charge in [-0.25, -0.2) is 4.79 Å². The molecule has 148 valence electrons. The first-order chi connectivity index (χ1) is 12.9. The van der Waals surface area contributed by atoms with Crippen molar-refractivity contribution in [2.75, 3.05) is 33.4 Å². The molecule has 0 spiro atoms. The van der Waals surface area contributed by atoms with E-state index in [1.54, 1.807) is 7.11 Å². The molecule has 2 heterocycles. The number of rotatable bonds is 7. The number of aryl methyl sites for hydroxylation is 1. The fourth-order valence-electron chi connectivity index (χ4n) is 4.14. The molecule has 0 unspecified atom stereocenters. The number of hydrogen-bond donors (Lipinski definition) is 0. The third-order valence-corrected chi connectivity index (χ3v) is 5.56. The quantitative estimate of drug-likeness (QED) is 0.738. The molecule has 2 atom stereocenters. The van der Waals surface area contributed by atoms with E-state index in [1.807, 2.05) is 26.8 Å². The van der Waals surface area contributed by atoms with Gasteiger partial charge >= 0.3 is 6.03 Å². The molecule has 0 bridgehead atoms. The minimum atomic E-state index is -0.366. The Morgan fingerprint density at radius 3 is 2.52 bits per heavy atom. The molecule has 1 aromatic rings. The number of nitrogens with zero attached hydrogens (tertiary/aromatic N) is 3. The van der Waals surface area contributed by atoms with Gasteiger partial charge in [0.05, 0.1) is 12.6 Å². The van der Waals surface area contributed by atoms with Crippen molar-refractivity contribution in [2.24, 2.45) is 5.92 Å². The van der Waals surface area contributed by atoms with Crippen LogP contribution >= 0.6 is 0 Å². The van der Waals surface area contributed by atoms with E-state index in [2.05, 4.69) is 32.9 Å². The van der Waals surface area contributed by atoms with Crippen LogP contribution < -0.4 is 0 Å². The normalized spacial score (nSPS) is 22.8. The zero-order chi connectivity index (χ0) is 19.6. The van der Waals surface area contributed by atoms with E-state index in [0.717, 1.165) is 5.56 Å². The highest BCUT2D eigenvalue weighted by atomic mass is 16.5.